The Morgan fingerprint density at radius 2 is 2.00 bits per heavy atom. The van der Waals surface area contributed by atoms with E-state index in [0.29, 0.717) is 13.0 Å². The number of amides is 1. The van der Waals surface area contributed by atoms with Gasteiger partial charge in [-0.15, -0.1) is 0 Å². The SMILES string of the molecule is CCOC(=O)CNC(=O)C(C)(N)CC. The number of esters is 1. The molecule has 0 aliphatic carbocycles. The Morgan fingerprint density at radius 1 is 1.43 bits per heavy atom. The van der Waals surface area contributed by atoms with Crippen molar-refractivity contribution in [3.8, 4) is 0 Å². The van der Waals surface area contributed by atoms with Gasteiger partial charge in [0.25, 0.3) is 0 Å². The summed E-state index contributed by atoms with van der Waals surface area (Å²) in [7, 11) is 0. The molecule has 14 heavy (non-hydrogen) atoms. The molecule has 0 radical (unpaired) electrons. The third-order valence-electron chi connectivity index (χ3n) is 1.95. The Labute approximate surface area is 84.0 Å². The molecular formula is C9H18N2O3. The number of hydrogen-bond acceptors (Lipinski definition) is 4. The summed E-state index contributed by atoms with van der Waals surface area (Å²) in [5.74, 6) is -0.791. The van der Waals surface area contributed by atoms with Gasteiger partial charge in [-0.2, -0.15) is 0 Å². The van der Waals surface area contributed by atoms with Crippen LogP contribution in [0.15, 0.2) is 0 Å². The summed E-state index contributed by atoms with van der Waals surface area (Å²) in [5.41, 5.74) is 4.73. The van der Waals surface area contributed by atoms with Crippen molar-refractivity contribution in [2.24, 2.45) is 5.73 Å². The third-order valence-corrected chi connectivity index (χ3v) is 1.95. The van der Waals surface area contributed by atoms with E-state index in [9.17, 15) is 9.59 Å². The molecule has 82 valence electrons. The first-order valence-electron chi connectivity index (χ1n) is 4.66. The Hall–Kier alpha value is -1.10. The highest BCUT2D eigenvalue weighted by atomic mass is 16.5. The monoisotopic (exact) mass is 202 g/mol. The third kappa shape index (κ3) is 4.23. The summed E-state index contributed by atoms with van der Waals surface area (Å²) in [4.78, 5) is 22.2. The van der Waals surface area contributed by atoms with Crippen LogP contribution >= 0.6 is 0 Å². The maximum Gasteiger partial charge on any atom is 0.325 e. The van der Waals surface area contributed by atoms with E-state index in [1.165, 1.54) is 0 Å². The molecule has 5 heteroatoms. The fourth-order valence-electron chi connectivity index (χ4n) is 0.727. The van der Waals surface area contributed by atoms with Crippen LogP contribution in [0.1, 0.15) is 27.2 Å². The second-order valence-electron chi connectivity index (χ2n) is 3.26. The summed E-state index contributed by atoms with van der Waals surface area (Å²) in [6, 6.07) is 0. The largest absolute Gasteiger partial charge is 0.465 e. The van der Waals surface area contributed by atoms with Gasteiger partial charge in [-0.3, -0.25) is 9.59 Å². The quantitative estimate of drug-likeness (QED) is 0.604. The average Bonchev–Trinajstić information content (AvgIpc) is 2.14. The number of carbonyl (C=O) groups is 2. The van der Waals surface area contributed by atoms with E-state index in [-0.39, 0.29) is 12.5 Å². The first-order chi connectivity index (χ1) is 6.44. The molecule has 0 rings (SSSR count). The van der Waals surface area contributed by atoms with Gasteiger partial charge >= 0.3 is 5.97 Å². The molecule has 0 saturated carbocycles. The van der Waals surface area contributed by atoms with Crippen LogP contribution in [0.5, 0.6) is 0 Å². The number of rotatable bonds is 5. The van der Waals surface area contributed by atoms with E-state index < -0.39 is 11.5 Å². The minimum atomic E-state index is -0.924. The maximum atomic E-state index is 11.4. The van der Waals surface area contributed by atoms with Crippen molar-refractivity contribution in [3.63, 3.8) is 0 Å². The van der Waals surface area contributed by atoms with Crippen molar-refractivity contribution in [1.82, 2.24) is 5.32 Å². The first kappa shape index (κ1) is 12.9. The molecule has 0 aromatic carbocycles. The summed E-state index contributed by atoms with van der Waals surface area (Å²) >= 11 is 0. The molecule has 1 atom stereocenters. The Bertz CT molecular complexity index is 214. The van der Waals surface area contributed by atoms with Crippen LogP contribution in [-0.2, 0) is 14.3 Å². The predicted octanol–water partition coefficient (Wildman–Crippen LogP) is -0.207. The van der Waals surface area contributed by atoms with Gasteiger partial charge in [0.1, 0.15) is 6.54 Å². The zero-order valence-corrected chi connectivity index (χ0v) is 8.92. The number of nitrogens with one attached hydrogen (secondary N) is 1. The number of carbonyl (C=O) groups excluding carboxylic acids is 2. The van der Waals surface area contributed by atoms with Gasteiger partial charge in [-0.1, -0.05) is 6.92 Å². The van der Waals surface area contributed by atoms with E-state index in [4.69, 9.17) is 5.73 Å². The van der Waals surface area contributed by atoms with Crippen LogP contribution in [0.25, 0.3) is 0 Å². The zero-order chi connectivity index (χ0) is 11.2. The average molecular weight is 202 g/mol. The van der Waals surface area contributed by atoms with Crippen molar-refractivity contribution < 1.29 is 14.3 Å². The number of hydrogen-bond donors (Lipinski definition) is 2. The van der Waals surface area contributed by atoms with Gasteiger partial charge < -0.3 is 15.8 Å². The summed E-state index contributed by atoms with van der Waals surface area (Å²) in [5, 5.41) is 2.42. The second kappa shape index (κ2) is 5.59. The van der Waals surface area contributed by atoms with E-state index >= 15 is 0 Å². The number of nitrogens with two attached hydrogens (primary N) is 1. The Balaban J connectivity index is 3.91. The highest BCUT2D eigenvalue weighted by Gasteiger charge is 2.25. The fourth-order valence-corrected chi connectivity index (χ4v) is 0.727. The van der Waals surface area contributed by atoms with Gasteiger partial charge in [-0.25, -0.2) is 0 Å². The van der Waals surface area contributed by atoms with Gasteiger partial charge in [0, 0.05) is 0 Å². The van der Waals surface area contributed by atoms with Crippen LogP contribution in [0, 0.1) is 0 Å². The fraction of sp³-hybridized carbons (Fsp3) is 0.778. The van der Waals surface area contributed by atoms with E-state index in [2.05, 4.69) is 10.1 Å². The molecule has 5 nitrogen and oxygen atoms in total. The highest BCUT2D eigenvalue weighted by Crippen LogP contribution is 2.03. The lowest BCUT2D eigenvalue weighted by atomic mass is 10.00. The molecule has 3 N–H and O–H groups in total. The molecule has 1 unspecified atom stereocenters. The van der Waals surface area contributed by atoms with Crippen LogP contribution in [-0.4, -0.2) is 30.6 Å². The molecule has 0 aliphatic heterocycles. The molecule has 0 aromatic rings. The van der Waals surface area contributed by atoms with Crippen LogP contribution in [0.4, 0.5) is 0 Å². The van der Waals surface area contributed by atoms with Gasteiger partial charge in [-0.05, 0) is 20.3 Å². The smallest absolute Gasteiger partial charge is 0.325 e. The molecule has 0 aliphatic rings. The van der Waals surface area contributed by atoms with Crippen molar-refractivity contribution in [3.05, 3.63) is 0 Å². The molecule has 0 spiro atoms. The van der Waals surface area contributed by atoms with E-state index in [1.807, 2.05) is 6.92 Å². The lowest BCUT2D eigenvalue weighted by Crippen LogP contribution is -2.52. The zero-order valence-electron chi connectivity index (χ0n) is 8.92. The molecule has 0 saturated heterocycles. The summed E-state index contributed by atoms with van der Waals surface area (Å²) in [6.45, 7) is 5.32. The van der Waals surface area contributed by atoms with Gasteiger partial charge in [0.2, 0.25) is 5.91 Å². The van der Waals surface area contributed by atoms with E-state index in [0.717, 1.165) is 0 Å². The standard InChI is InChI=1S/C9H18N2O3/c1-4-9(3,10)8(13)11-6-7(12)14-5-2/h4-6,10H2,1-3H3,(H,11,13). The maximum absolute atomic E-state index is 11.4. The predicted molar refractivity (Wildman–Crippen MR) is 52.5 cm³/mol. The first-order valence-corrected chi connectivity index (χ1v) is 4.66. The lowest BCUT2D eigenvalue weighted by molar-refractivity contribution is -0.143. The van der Waals surface area contributed by atoms with Gasteiger partial charge in [0.15, 0.2) is 0 Å². The van der Waals surface area contributed by atoms with Crippen LogP contribution in [0.3, 0.4) is 0 Å². The van der Waals surface area contributed by atoms with Crippen LogP contribution < -0.4 is 11.1 Å². The molecular weight excluding hydrogens is 184 g/mol. The highest BCUT2D eigenvalue weighted by molar-refractivity contribution is 5.88. The topological polar surface area (TPSA) is 81.4 Å². The normalized spacial score (nSPS) is 14.3. The van der Waals surface area contributed by atoms with Crippen LogP contribution in [0.2, 0.25) is 0 Å². The molecule has 0 heterocycles. The summed E-state index contributed by atoms with van der Waals surface area (Å²) in [6.07, 6.45) is 0.516. The van der Waals surface area contributed by atoms with Crippen molar-refractivity contribution >= 4 is 11.9 Å². The van der Waals surface area contributed by atoms with Crippen molar-refractivity contribution in [2.75, 3.05) is 13.2 Å². The molecule has 0 fully saturated rings. The van der Waals surface area contributed by atoms with Crippen molar-refractivity contribution in [2.45, 2.75) is 32.7 Å². The lowest BCUT2D eigenvalue weighted by Gasteiger charge is -2.20. The molecule has 0 bridgehead atoms. The van der Waals surface area contributed by atoms with Crippen molar-refractivity contribution in [1.29, 1.82) is 0 Å². The van der Waals surface area contributed by atoms with E-state index in [1.54, 1.807) is 13.8 Å². The molecule has 1 amide bonds. The minimum Gasteiger partial charge on any atom is -0.465 e. The summed E-state index contributed by atoms with van der Waals surface area (Å²) < 4.78 is 4.64. The Kier molecular flexibility index (Phi) is 5.15. The number of ether oxygens (including phenoxy) is 1. The molecule has 0 aromatic heterocycles. The van der Waals surface area contributed by atoms with Gasteiger partial charge in [0.05, 0.1) is 12.1 Å². The minimum absolute atomic E-state index is 0.126. The Morgan fingerprint density at radius 3 is 2.43 bits per heavy atom. The second-order valence-corrected chi connectivity index (χ2v) is 3.26.